The Morgan fingerprint density at radius 3 is 2.38 bits per heavy atom. The zero-order valence-corrected chi connectivity index (χ0v) is 14.3. The molecule has 0 aliphatic carbocycles. The molecular weight excluding hydrogens is 320 g/mol. The van der Waals surface area contributed by atoms with Crippen molar-refractivity contribution in [3.63, 3.8) is 0 Å². The van der Waals surface area contributed by atoms with E-state index in [-0.39, 0.29) is 17.9 Å². The monoisotopic (exact) mass is 340 g/mol. The SMILES string of the molecule is C[C@H](NC(=O)C1CSCN1C(=O)c1ccccc1)c1ccccc1. The third kappa shape index (κ3) is 3.62. The Bertz CT molecular complexity index is 706. The second kappa shape index (κ2) is 7.53. The molecule has 1 unspecified atom stereocenters. The van der Waals surface area contributed by atoms with Gasteiger partial charge in [-0.3, -0.25) is 9.59 Å². The molecule has 124 valence electrons. The molecule has 2 aromatic carbocycles. The lowest BCUT2D eigenvalue weighted by Gasteiger charge is -2.25. The number of hydrogen-bond donors (Lipinski definition) is 1. The molecule has 0 bridgehead atoms. The van der Waals surface area contributed by atoms with Gasteiger partial charge >= 0.3 is 0 Å². The first-order chi connectivity index (χ1) is 11.7. The second-order valence-electron chi connectivity index (χ2n) is 5.80. The van der Waals surface area contributed by atoms with Crippen LogP contribution in [0.25, 0.3) is 0 Å². The van der Waals surface area contributed by atoms with E-state index in [0.717, 1.165) is 5.56 Å². The first-order valence-corrected chi connectivity index (χ1v) is 9.11. The molecule has 0 aromatic heterocycles. The number of amides is 2. The maximum absolute atomic E-state index is 12.7. The summed E-state index contributed by atoms with van der Waals surface area (Å²) in [5.41, 5.74) is 1.67. The van der Waals surface area contributed by atoms with Gasteiger partial charge in [-0.25, -0.2) is 0 Å². The summed E-state index contributed by atoms with van der Waals surface area (Å²) in [4.78, 5) is 27.0. The highest BCUT2D eigenvalue weighted by Crippen LogP contribution is 2.24. The van der Waals surface area contributed by atoms with Crippen molar-refractivity contribution in [3.8, 4) is 0 Å². The summed E-state index contributed by atoms with van der Waals surface area (Å²) in [6.07, 6.45) is 0. The van der Waals surface area contributed by atoms with Crippen molar-refractivity contribution >= 4 is 23.6 Å². The van der Waals surface area contributed by atoms with Gasteiger partial charge in [-0.1, -0.05) is 48.5 Å². The minimum absolute atomic E-state index is 0.0852. The molecule has 0 radical (unpaired) electrons. The first-order valence-electron chi connectivity index (χ1n) is 7.96. The lowest BCUT2D eigenvalue weighted by molar-refractivity contribution is -0.125. The predicted octanol–water partition coefficient (Wildman–Crippen LogP) is 3.08. The Hall–Kier alpha value is -2.27. The summed E-state index contributed by atoms with van der Waals surface area (Å²) in [5, 5.41) is 3.03. The van der Waals surface area contributed by atoms with Crippen LogP contribution in [0.3, 0.4) is 0 Å². The van der Waals surface area contributed by atoms with Crippen LogP contribution < -0.4 is 5.32 Å². The molecule has 2 amide bonds. The Morgan fingerprint density at radius 1 is 1.08 bits per heavy atom. The average Bonchev–Trinajstić information content (AvgIpc) is 3.12. The quantitative estimate of drug-likeness (QED) is 0.930. The third-order valence-corrected chi connectivity index (χ3v) is 5.14. The van der Waals surface area contributed by atoms with Crippen LogP contribution in [-0.4, -0.2) is 34.4 Å². The van der Waals surface area contributed by atoms with Gasteiger partial charge in [0.1, 0.15) is 6.04 Å². The second-order valence-corrected chi connectivity index (χ2v) is 6.80. The van der Waals surface area contributed by atoms with Gasteiger partial charge in [0.2, 0.25) is 5.91 Å². The van der Waals surface area contributed by atoms with Crippen LogP contribution in [-0.2, 0) is 4.79 Å². The largest absolute Gasteiger partial charge is 0.348 e. The molecule has 1 aliphatic rings. The van der Waals surface area contributed by atoms with Gasteiger partial charge in [-0.05, 0) is 24.6 Å². The van der Waals surface area contributed by atoms with Crippen LogP contribution in [0.4, 0.5) is 0 Å². The van der Waals surface area contributed by atoms with Gasteiger partial charge in [0.05, 0.1) is 11.9 Å². The molecular formula is C19H20N2O2S. The Labute approximate surface area is 146 Å². The zero-order valence-electron chi connectivity index (χ0n) is 13.5. The minimum Gasteiger partial charge on any atom is -0.348 e. The van der Waals surface area contributed by atoms with Crippen molar-refractivity contribution in [3.05, 3.63) is 71.8 Å². The number of rotatable bonds is 4. The fourth-order valence-corrected chi connectivity index (χ4v) is 3.90. The van der Waals surface area contributed by atoms with Crippen LogP contribution in [0, 0.1) is 0 Å². The number of carbonyl (C=O) groups excluding carboxylic acids is 2. The van der Waals surface area contributed by atoms with Gasteiger partial charge in [0.25, 0.3) is 5.91 Å². The summed E-state index contributed by atoms with van der Waals surface area (Å²) in [6, 6.07) is 18.4. The zero-order chi connectivity index (χ0) is 16.9. The van der Waals surface area contributed by atoms with Crippen molar-refractivity contribution in [1.29, 1.82) is 0 Å². The lowest BCUT2D eigenvalue weighted by atomic mass is 10.1. The van der Waals surface area contributed by atoms with Crippen LogP contribution in [0.15, 0.2) is 60.7 Å². The van der Waals surface area contributed by atoms with E-state index in [2.05, 4.69) is 5.32 Å². The lowest BCUT2D eigenvalue weighted by Crippen LogP contribution is -2.47. The van der Waals surface area contributed by atoms with Crippen LogP contribution in [0.2, 0.25) is 0 Å². The van der Waals surface area contributed by atoms with E-state index in [1.165, 1.54) is 0 Å². The summed E-state index contributed by atoms with van der Waals surface area (Å²) in [6.45, 7) is 1.96. The van der Waals surface area contributed by atoms with Gasteiger partial charge in [-0.2, -0.15) is 0 Å². The van der Waals surface area contributed by atoms with Crippen LogP contribution in [0.5, 0.6) is 0 Å². The summed E-state index contributed by atoms with van der Waals surface area (Å²) in [5.74, 6) is 0.992. The Kier molecular flexibility index (Phi) is 5.20. The number of benzene rings is 2. The van der Waals surface area contributed by atoms with Crippen LogP contribution in [0.1, 0.15) is 28.9 Å². The highest BCUT2D eigenvalue weighted by atomic mass is 32.2. The fourth-order valence-electron chi connectivity index (χ4n) is 2.74. The predicted molar refractivity (Wildman–Crippen MR) is 96.7 cm³/mol. The molecule has 0 saturated carbocycles. The van der Waals surface area contributed by atoms with E-state index < -0.39 is 6.04 Å². The van der Waals surface area contributed by atoms with Gasteiger partial charge in [-0.15, -0.1) is 11.8 Å². The van der Waals surface area contributed by atoms with E-state index >= 15 is 0 Å². The highest BCUT2D eigenvalue weighted by Gasteiger charge is 2.35. The number of carbonyl (C=O) groups is 2. The molecule has 3 rings (SSSR count). The van der Waals surface area contributed by atoms with Crippen molar-refractivity contribution in [1.82, 2.24) is 10.2 Å². The van der Waals surface area contributed by atoms with Crippen molar-refractivity contribution < 1.29 is 9.59 Å². The molecule has 1 fully saturated rings. The molecule has 0 spiro atoms. The van der Waals surface area contributed by atoms with E-state index in [1.54, 1.807) is 28.8 Å². The van der Waals surface area contributed by atoms with Crippen molar-refractivity contribution in [2.24, 2.45) is 0 Å². The Balaban J connectivity index is 1.69. The maximum Gasteiger partial charge on any atom is 0.255 e. The molecule has 1 heterocycles. The van der Waals surface area contributed by atoms with Crippen LogP contribution >= 0.6 is 11.8 Å². The molecule has 1 aliphatic heterocycles. The molecule has 2 aromatic rings. The number of hydrogen-bond acceptors (Lipinski definition) is 3. The van der Waals surface area contributed by atoms with Crippen molar-refractivity contribution in [2.75, 3.05) is 11.6 Å². The van der Waals surface area contributed by atoms with E-state index in [1.807, 2.05) is 55.5 Å². The molecule has 2 atom stereocenters. The van der Waals surface area contributed by atoms with Gasteiger partial charge < -0.3 is 10.2 Å². The van der Waals surface area contributed by atoms with E-state index in [0.29, 0.717) is 17.2 Å². The highest BCUT2D eigenvalue weighted by molar-refractivity contribution is 7.99. The molecule has 4 nitrogen and oxygen atoms in total. The number of thioether (sulfide) groups is 1. The summed E-state index contributed by atoms with van der Waals surface area (Å²) >= 11 is 1.61. The van der Waals surface area contributed by atoms with Gasteiger partial charge in [0, 0.05) is 11.3 Å². The average molecular weight is 340 g/mol. The topological polar surface area (TPSA) is 49.4 Å². The number of nitrogens with one attached hydrogen (secondary N) is 1. The normalized spacial score (nSPS) is 18.2. The van der Waals surface area contributed by atoms with Gasteiger partial charge in [0.15, 0.2) is 0 Å². The molecule has 1 saturated heterocycles. The van der Waals surface area contributed by atoms with Crippen molar-refractivity contribution in [2.45, 2.75) is 19.0 Å². The van der Waals surface area contributed by atoms with E-state index in [4.69, 9.17) is 0 Å². The summed E-state index contributed by atoms with van der Waals surface area (Å²) in [7, 11) is 0. The number of nitrogens with zero attached hydrogens (tertiary/aromatic N) is 1. The molecule has 1 N–H and O–H groups in total. The smallest absolute Gasteiger partial charge is 0.255 e. The summed E-state index contributed by atoms with van der Waals surface area (Å²) < 4.78 is 0. The molecule has 24 heavy (non-hydrogen) atoms. The van der Waals surface area contributed by atoms with E-state index in [9.17, 15) is 9.59 Å². The third-order valence-electron chi connectivity index (χ3n) is 4.12. The first kappa shape index (κ1) is 16.6. The Morgan fingerprint density at radius 2 is 1.71 bits per heavy atom. The standard InChI is InChI=1S/C19H20N2O2S/c1-14(15-8-4-2-5-9-15)20-18(22)17-12-24-13-21(17)19(23)16-10-6-3-7-11-16/h2-11,14,17H,12-13H2,1H3,(H,20,22)/t14-,17?/m0/s1. The maximum atomic E-state index is 12.7. The minimum atomic E-state index is -0.422. The molecule has 5 heteroatoms. The fraction of sp³-hybridized carbons (Fsp3) is 0.263.